The van der Waals surface area contributed by atoms with E-state index in [0.29, 0.717) is 18.2 Å². The summed E-state index contributed by atoms with van der Waals surface area (Å²) in [6.07, 6.45) is 0.896. The molecular formula is C18H27N3O2. The van der Waals surface area contributed by atoms with Gasteiger partial charge in [0.25, 0.3) is 11.9 Å². The van der Waals surface area contributed by atoms with Gasteiger partial charge in [-0.2, -0.15) is 4.99 Å². The van der Waals surface area contributed by atoms with E-state index >= 15 is 0 Å². The minimum Gasteiger partial charge on any atom is -0.465 e. The summed E-state index contributed by atoms with van der Waals surface area (Å²) in [4.78, 5) is 21.1. The first kappa shape index (κ1) is 17.5. The Labute approximate surface area is 138 Å². The Balaban J connectivity index is 2.10. The normalized spacial score (nSPS) is 16.5. The number of benzene rings is 1. The highest BCUT2D eigenvalue weighted by atomic mass is 16.5. The molecule has 1 amide bonds. The second kappa shape index (κ2) is 8.67. The van der Waals surface area contributed by atoms with Gasteiger partial charge < -0.3 is 14.5 Å². The molecule has 0 aromatic heterocycles. The molecule has 0 bridgehead atoms. The van der Waals surface area contributed by atoms with Gasteiger partial charge in [0.1, 0.15) is 0 Å². The number of likely N-dealkylation sites (N-methyl/N-ethyl adjacent to an activating group) is 1. The van der Waals surface area contributed by atoms with E-state index in [2.05, 4.69) is 28.6 Å². The van der Waals surface area contributed by atoms with Crippen molar-refractivity contribution >= 4 is 11.9 Å². The number of aliphatic imine (C=N–C) groups is 1. The molecule has 1 heterocycles. The number of rotatable bonds is 4. The van der Waals surface area contributed by atoms with Crippen LogP contribution in [0.3, 0.4) is 0 Å². The summed E-state index contributed by atoms with van der Waals surface area (Å²) in [5.74, 6) is -0.242. The van der Waals surface area contributed by atoms with Gasteiger partial charge in [0.05, 0.1) is 6.61 Å². The number of hydrogen-bond donors (Lipinski definition) is 0. The van der Waals surface area contributed by atoms with Gasteiger partial charge in [0, 0.05) is 31.7 Å². The van der Waals surface area contributed by atoms with Gasteiger partial charge >= 0.3 is 0 Å². The number of carbonyl (C=O) groups is 1. The van der Waals surface area contributed by atoms with E-state index in [-0.39, 0.29) is 5.91 Å². The third-order valence-electron chi connectivity index (χ3n) is 4.02. The van der Waals surface area contributed by atoms with E-state index < -0.39 is 0 Å². The number of carbonyl (C=O) groups excluding carboxylic acids is 1. The Morgan fingerprint density at radius 1 is 1.13 bits per heavy atom. The molecule has 0 spiro atoms. The van der Waals surface area contributed by atoms with Gasteiger partial charge in [-0.15, -0.1) is 0 Å². The first-order valence-corrected chi connectivity index (χ1v) is 8.43. The molecule has 1 aromatic carbocycles. The first-order chi connectivity index (χ1) is 11.1. The highest BCUT2D eigenvalue weighted by molar-refractivity contribution is 6.01. The maximum absolute atomic E-state index is 12.4. The average Bonchev–Trinajstić information content (AvgIpc) is 2.59. The molecule has 1 aliphatic rings. The van der Waals surface area contributed by atoms with Crippen LogP contribution >= 0.6 is 0 Å². The predicted octanol–water partition coefficient (Wildman–Crippen LogP) is 2.56. The third-order valence-corrected chi connectivity index (χ3v) is 4.02. The standard InChI is InChI=1S/C18H27N3O2/c1-4-14-23-18(21-12-10-20(5-2)11-13-21)19-17(22)16-8-6-15(3)7-9-16/h6-9H,4-5,10-14H2,1-3H3. The van der Waals surface area contributed by atoms with Gasteiger partial charge in [-0.3, -0.25) is 4.79 Å². The first-order valence-electron chi connectivity index (χ1n) is 8.43. The van der Waals surface area contributed by atoms with Crippen LogP contribution in [0.2, 0.25) is 0 Å². The molecule has 1 aromatic rings. The van der Waals surface area contributed by atoms with Crippen LogP contribution in [0.1, 0.15) is 36.2 Å². The minimum atomic E-state index is -0.242. The molecule has 0 aliphatic carbocycles. The molecular weight excluding hydrogens is 290 g/mol. The second-order valence-electron chi connectivity index (χ2n) is 5.84. The largest absolute Gasteiger partial charge is 0.465 e. The molecule has 1 saturated heterocycles. The molecule has 23 heavy (non-hydrogen) atoms. The van der Waals surface area contributed by atoms with Crippen molar-refractivity contribution < 1.29 is 9.53 Å². The lowest BCUT2D eigenvalue weighted by molar-refractivity contribution is 0.0987. The van der Waals surface area contributed by atoms with E-state index in [1.807, 2.05) is 31.2 Å². The quantitative estimate of drug-likeness (QED) is 0.632. The van der Waals surface area contributed by atoms with Crippen LogP contribution < -0.4 is 0 Å². The van der Waals surface area contributed by atoms with Crippen molar-refractivity contribution in [1.82, 2.24) is 9.80 Å². The van der Waals surface area contributed by atoms with E-state index in [0.717, 1.165) is 44.7 Å². The van der Waals surface area contributed by atoms with Crippen LogP contribution in [-0.4, -0.2) is 61.1 Å². The Morgan fingerprint density at radius 3 is 2.35 bits per heavy atom. The van der Waals surface area contributed by atoms with Crippen LogP contribution in [0.25, 0.3) is 0 Å². The average molecular weight is 317 g/mol. The molecule has 126 valence electrons. The second-order valence-corrected chi connectivity index (χ2v) is 5.84. The summed E-state index contributed by atoms with van der Waals surface area (Å²) in [6, 6.07) is 7.94. The van der Waals surface area contributed by atoms with Gasteiger partial charge in [-0.05, 0) is 32.0 Å². The highest BCUT2D eigenvalue weighted by Gasteiger charge is 2.21. The fraction of sp³-hybridized carbons (Fsp3) is 0.556. The Hall–Kier alpha value is -1.88. The monoisotopic (exact) mass is 317 g/mol. The maximum atomic E-state index is 12.4. The molecule has 5 heteroatoms. The smallest absolute Gasteiger partial charge is 0.295 e. The number of ether oxygens (including phenoxy) is 1. The number of nitrogens with zero attached hydrogens (tertiary/aromatic N) is 3. The Morgan fingerprint density at radius 2 is 1.78 bits per heavy atom. The topological polar surface area (TPSA) is 45.1 Å². The van der Waals surface area contributed by atoms with Crippen molar-refractivity contribution in [2.45, 2.75) is 27.2 Å². The summed E-state index contributed by atoms with van der Waals surface area (Å²) in [7, 11) is 0. The summed E-state index contributed by atoms with van der Waals surface area (Å²) in [5.41, 5.74) is 1.73. The van der Waals surface area contributed by atoms with Gasteiger partial charge in [-0.25, -0.2) is 0 Å². The van der Waals surface area contributed by atoms with Crippen LogP contribution in [0.5, 0.6) is 0 Å². The Bertz CT molecular complexity index is 532. The van der Waals surface area contributed by atoms with Crippen LogP contribution in [0, 0.1) is 6.92 Å². The van der Waals surface area contributed by atoms with Crippen molar-refractivity contribution in [1.29, 1.82) is 0 Å². The molecule has 0 unspecified atom stereocenters. The summed E-state index contributed by atoms with van der Waals surface area (Å²) in [5, 5.41) is 0. The molecule has 1 aliphatic heterocycles. The Kier molecular flexibility index (Phi) is 6.59. The zero-order valence-corrected chi connectivity index (χ0v) is 14.4. The fourth-order valence-corrected chi connectivity index (χ4v) is 2.49. The lowest BCUT2D eigenvalue weighted by Crippen LogP contribution is -2.49. The minimum absolute atomic E-state index is 0.242. The third kappa shape index (κ3) is 5.06. The fourth-order valence-electron chi connectivity index (χ4n) is 2.49. The van der Waals surface area contributed by atoms with Crippen molar-refractivity contribution in [3.63, 3.8) is 0 Å². The van der Waals surface area contributed by atoms with Crippen molar-refractivity contribution in [2.24, 2.45) is 4.99 Å². The highest BCUT2D eigenvalue weighted by Crippen LogP contribution is 2.08. The number of amides is 1. The predicted molar refractivity (Wildman–Crippen MR) is 92.9 cm³/mol. The van der Waals surface area contributed by atoms with Gasteiger partial charge in [-0.1, -0.05) is 31.5 Å². The van der Waals surface area contributed by atoms with Crippen LogP contribution in [-0.2, 0) is 4.74 Å². The molecule has 0 atom stereocenters. The molecule has 5 nitrogen and oxygen atoms in total. The van der Waals surface area contributed by atoms with Crippen molar-refractivity contribution in [3.8, 4) is 0 Å². The van der Waals surface area contributed by atoms with Gasteiger partial charge in [0.2, 0.25) is 0 Å². The molecule has 2 rings (SSSR count). The SMILES string of the molecule is CCCOC(=NC(=O)c1ccc(C)cc1)N1CCN(CC)CC1. The number of hydrogen-bond acceptors (Lipinski definition) is 3. The lowest BCUT2D eigenvalue weighted by atomic mass is 10.1. The summed E-state index contributed by atoms with van der Waals surface area (Å²) in [6.45, 7) is 11.5. The van der Waals surface area contributed by atoms with E-state index in [4.69, 9.17) is 4.74 Å². The lowest BCUT2D eigenvalue weighted by Gasteiger charge is -2.35. The zero-order chi connectivity index (χ0) is 16.7. The van der Waals surface area contributed by atoms with Crippen molar-refractivity contribution in [2.75, 3.05) is 39.3 Å². The van der Waals surface area contributed by atoms with E-state index in [1.54, 1.807) is 0 Å². The van der Waals surface area contributed by atoms with Crippen molar-refractivity contribution in [3.05, 3.63) is 35.4 Å². The molecule has 1 fully saturated rings. The number of piperazine rings is 1. The zero-order valence-electron chi connectivity index (χ0n) is 14.4. The molecule has 0 radical (unpaired) electrons. The van der Waals surface area contributed by atoms with Crippen LogP contribution in [0.4, 0.5) is 0 Å². The van der Waals surface area contributed by atoms with E-state index in [9.17, 15) is 4.79 Å². The van der Waals surface area contributed by atoms with Crippen LogP contribution in [0.15, 0.2) is 29.3 Å². The number of amidine groups is 1. The summed E-state index contributed by atoms with van der Waals surface area (Å²) >= 11 is 0. The van der Waals surface area contributed by atoms with E-state index in [1.165, 1.54) is 0 Å². The number of aryl methyl sites for hydroxylation is 1. The van der Waals surface area contributed by atoms with Gasteiger partial charge in [0.15, 0.2) is 0 Å². The molecule has 0 saturated carbocycles. The molecule has 0 N–H and O–H groups in total. The maximum Gasteiger partial charge on any atom is 0.295 e. The summed E-state index contributed by atoms with van der Waals surface area (Å²) < 4.78 is 5.75.